The molecule has 0 spiro atoms. The van der Waals surface area contributed by atoms with Gasteiger partial charge in [0.05, 0.1) is 17.1 Å². The zero-order valence-electron chi connectivity index (χ0n) is 9.34. The van der Waals surface area contributed by atoms with Crippen molar-refractivity contribution in [3.8, 4) is 0 Å². The lowest BCUT2D eigenvalue weighted by molar-refractivity contribution is 0.411. The fourth-order valence-corrected chi connectivity index (χ4v) is 3.00. The van der Waals surface area contributed by atoms with Crippen LogP contribution >= 0.6 is 11.6 Å². The fraction of sp³-hybridized carbons (Fsp3) is 0.182. The van der Waals surface area contributed by atoms with E-state index < -0.39 is 10.0 Å². The third-order valence-electron chi connectivity index (χ3n) is 2.34. The molecule has 0 aliphatic heterocycles. The van der Waals surface area contributed by atoms with Gasteiger partial charge >= 0.3 is 0 Å². The molecule has 0 saturated heterocycles. The molecular weight excluding hydrogens is 276 g/mol. The number of aromatic nitrogens is 1. The molecule has 1 aromatic carbocycles. The Morgan fingerprint density at radius 3 is 2.72 bits per heavy atom. The van der Waals surface area contributed by atoms with Gasteiger partial charge in [0.15, 0.2) is 0 Å². The number of halogens is 1. The Hall–Kier alpha value is -1.37. The van der Waals surface area contributed by atoms with Crippen LogP contribution in [0.4, 0.5) is 0 Å². The van der Waals surface area contributed by atoms with Gasteiger partial charge in [0.2, 0.25) is 10.0 Å². The highest BCUT2D eigenvalue weighted by Gasteiger charge is 2.17. The van der Waals surface area contributed by atoms with E-state index in [1.807, 2.05) is 0 Å². The first-order valence-corrected chi connectivity index (χ1v) is 7.18. The second-order valence-electron chi connectivity index (χ2n) is 3.56. The molecule has 0 bridgehead atoms. The van der Waals surface area contributed by atoms with Crippen LogP contribution in [0.15, 0.2) is 46.0 Å². The van der Waals surface area contributed by atoms with Crippen LogP contribution in [-0.2, 0) is 22.4 Å². The lowest BCUT2D eigenvalue weighted by Gasteiger charge is -2.08. The van der Waals surface area contributed by atoms with Crippen LogP contribution in [0, 0.1) is 0 Å². The van der Waals surface area contributed by atoms with Crippen molar-refractivity contribution in [3.63, 3.8) is 0 Å². The third-order valence-corrected chi connectivity index (χ3v) is 4.13. The summed E-state index contributed by atoms with van der Waals surface area (Å²) >= 11 is 5.72. The molecule has 1 aromatic heterocycles. The average molecular weight is 287 g/mol. The van der Waals surface area contributed by atoms with Crippen molar-refractivity contribution in [2.75, 3.05) is 0 Å². The average Bonchev–Trinajstić information content (AvgIpc) is 2.89. The highest BCUT2D eigenvalue weighted by Crippen LogP contribution is 2.17. The predicted octanol–water partition coefficient (Wildman–Crippen LogP) is 1.89. The Kier molecular flexibility index (Phi) is 4.00. The first-order chi connectivity index (χ1) is 8.63. The molecule has 1 heterocycles. The Labute approximate surface area is 110 Å². The molecule has 0 radical (unpaired) electrons. The summed E-state index contributed by atoms with van der Waals surface area (Å²) in [6.45, 7) is 0.0788. The normalized spacial score (nSPS) is 11.6. The number of rotatable bonds is 5. The molecule has 96 valence electrons. The minimum atomic E-state index is -3.60. The zero-order chi connectivity index (χ0) is 13.0. The van der Waals surface area contributed by atoms with Gasteiger partial charge in [-0.25, -0.2) is 13.1 Å². The van der Waals surface area contributed by atoms with Crippen molar-refractivity contribution < 1.29 is 12.9 Å². The lowest BCUT2D eigenvalue weighted by atomic mass is 10.2. The molecule has 0 fully saturated rings. The third kappa shape index (κ3) is 2.90. The maximum Gasteiger partial charge on any atom is 0.241 e. The molecule has 0 saturated carbocycles. The molecule has 0 unspecified atom stereocenters. The van der Waals surface area contributed by atoms with E-state index in [2.05, 4.69) is 14.4 Å². The lowest BCUT2D eigenvalue weighted by Crippen LogP contribution is -2.24. The van der Waals surface area contributed by atoms with Crippen LogP contribution in [-0.4, -0.2) is 13.6 Å². The predicted molar refractivity (Wildman–Crippen MR) is 66.5 cm³/mol. The van der Waals surface area contributed by atoms with Crippen LogP contribution in [0.2, 0.25) is 0 Å². The molecule has 2 aromatic rings. The summed E-state index contributed by atoms with van der Waals surface area (Å²) in [5.41, 5.74) is 1.08. The van der Waals surface area contributed by atoms with Crippen molar-refractivity contribution in [2.45, 2.75) is 17.3 Å². The van der Waals surface area contributed by atoms with E-state index in [0.717, 1.165) is 0 Å². The maximum atomic E-state index is 12.1. The van der Waals surface area contributed by atoms with E-state index in [1.54, 1.807) is 24.3 Å². The van der Waals surface area contributed by atoms with Crippen molar-refractivity contribution in [3.05, 3.63) is 47.9 Å². The molecule has 1 N–H and O–H groups in total. The topological polar surface area (TPSA) is 72.2 Å². The molecule has 2 rings (SSSR count). The van der Waals surface area contributed by atoms with Gasteiger partial charge in [-0.1, -0.05) is 23.4 Å². The number of nitrogens with zero attached hydrogens (tertiary/aromatic N) is 1. The van der Waals surface area contributed by atoms with Crippen molar-refractivity contribution in [2.24, 2.45) is 0 Å². The van der Waals surface area contributed by atoms with E-state index in [0.29, 0.717) is 11.3 Å². The van der Waals surface area contributed by atoms with Crippen LogP contribution in [0.25, 0.3) is 0 Å². The second kappa shape index (κ2) is 5.51. The first-order valence-electron chi connectivity index (χ1n) is 5.16. The van der Waals surface area contributed by atoms with Gasteiger partial charge < -0.3 is 4.52 Å². The fourth-order valence-electron chi connectivity index (χ4n) is 1.45. The molecular formula is C11H11ClN2O3S. The summed E-state index contributed by atoms with van der Waals surface area (Å²) < 4.78 is 31.2. The molecule has 0 amide bonds. The van der Waals surface area contributed by atoms with E-state index in [9.17, 15) is 8.42 Å². The van der Waals surface area contributed by atoms with Gasteiger partial charge in [0.1, 0.15) is 6.26 Å². The Morgan fingerprint density at radius 1 is 1.28 bits per heavy atom. The van der Waals surface area contributed by atoms with Gasteiger partial charge in [-0.3, -0.25) is 0 Å². The number of hydrogen-bond donors (Lipinski definition) is 1. The summed E-state index contributed by atoms with van der Waals surface area (Å²) in [6.07, 6.45) is 1.39. The maximum absolute atomic E-state index is 12.1. The van der Waals surface area contributed by atoms with Crippen LogP contribution in [0.3, 0.4) is 0 Å². The smallest absolute Gasteiger partial charge is 0.241 e. The molecule has 7 heteroatoms. The quantitative estimate of drug-likeness (QED) is 0.852. The zero-order valence-corrected chi connectivity index (χ0v) is 10.9. The van der Waals surface area contributed by atoms with E-state index >= 15 is 0 Å². The Balaban J connectivity index is 2.20. The van der Waals surface area contributed by atoms with Crippen molar-refractivity contribution >= 4 is 21.6 Å². The van der Waals surface area contributed by atoms with Gasteiger partial charge in [-0.05, 0) is 11.6 Å². The van der Waals surface area contributed by atoms with E-state index in [4.69, 9.17) is 11.6 Å². The number of hydrogen-bond acceptors (Lipinski definition) is 4. The van der Waals surface area contributed by atoms with Crippen LogP contribution in [0.1, 0.15) is 11.3 Å². The number of nitrogens with one attached hydrogen (secondary N) is 1. The Morgan fingerprint density at radius 2 is 2.06 bits per heavy atom. The molecule has 0 aliphatic carbocycles. The SMILES string of the molecule is O=S(=O)(NCc1ccon1)c1ccccc1CCl. The molecule has 5 nitrogen and oxygen atoms in total. The molecule has 0 atom stereocenters. The summed E-state index contributed by atoms with van der Waals surface area (Å²) in [5.74, 6) is 0.140. The summed E-state index contributed by atoms with van der Waals surface area (Å²) in [7, 11) is -3.60. The van der Waals surface area contributed by atoms with Crippen molar-refractivity contribution in [1.82, 2.24) is 9.88 Å². The van der Waals surface area contributed by atoms with Crippen LogP contribution in [0.5, 0.6) is 0 Å². The number of alkyl halides is 1. The summed E-state index contributed by atoms with van der Waals surface area (Å²) in [4.78, 5) is 0.184. The van der Waals surface area contributed by atoms with Gasteiger partial charge in [-0.15, -0.1) is 11.6 Å². The van der Waals surface area contributed by atoms with E-state index in [-0.39, 0.29) is 17.3 Å². The van der Waals surface area contributed by atoms with Crippen LogP contribution < -0.4 is 4.72 Å². The summed E-state index contributed by atoms with van der Waals surface area (Å²) in [5, 5.41) is 3.63. The van der Waals surface area contributed by atoms with Gasteiger partial charge in [0, 0.05) is 11.9 Å². The van der Waals surface area contributed by atoms with E-state index in [1.165, 1.54) is 12.3 Å². The molecule has 18 heavy (non-hydrogen) atoms. The number of sulfonamides is 1. The highest BCUT2D eigenvalue weighted by molar-refractivity contribution is 7.89. The second-order valence-corrected chi connectivity index (χ2v) is 5.56. The standard InChI is InChI=1S/C11H11ClN2O3S/c12-7-9-3-1-2-4-11(9)18(15,16)13-8-10-5-6-17-14-10/h1-6,13H,7-8H2. The minimum absolute atomic E-state index is 0.0788. The van der Waals surface area contributed by atoms with Crippen molar-refractivity contribution in [1.29, 1.82) is 0 Å². The minimum Gasteiger partial charge on any atom is -0.364 e. The van der Waals surface area contributed by atoms with Gasteiger partial charge in [-0.2, -0.15) is 0 Å². The largest absolute Gasteiger partial charge is 0.364 e. The first kappa shape index (κ1) is 13.1. The highest BCUT2D eigenvalue weighted by atomic mass is 35.5. The molecule has 0 aliphatic rings. The van der Waals surface area contributed by atoms with Gasteiger partial charge in [0.25, 0.3) is 0 Å². The Bertz CT molecular complexity index is 611. The summed E-state index contributed by atoms with van der Waals surface area (Å²) in [6, 6.07) is 8.19. The number of benzene rings is 1. The monoisotopic (exact) mass is 286 g/mol.